The molecule has 0 N–H and O–H groups in total. The van der Waals surface area contributed by atoms with Gasteiger partial charge in [0.1, 0.15) is 5.82 Å². The van der Waals surface area contributed by atoms with Crippen molar-refractivity contribution in [3.05, 3.63) is 35.6 Å². The lowest BCUT2D eigenvalue weighted by Crippen LogP contribution is -2.35. The monoisotopic (exact) mass is 320 g/mol. The Morgan fingerprint density at radius 1 is 1.00 bits per heavy atom. The van der Waals surface area contributed by atoms with Crippen molar-refractivity contribution >= 4 is 0 Å². The number of benzene rings is 1. The second-order valence-electron chi connectivity index (χ2n) is 7.36. The van der Waals surface area contributed by atoms with E-state index in [2.05, 4.69) is 13.8 Å². The molecule has 128 valence electrons. The summed E-state index contributed by atoms with van der Waals surface area (Å²) < 4.78 is 24.9. The molecule has 0 aromatic heterocycles. The van der Waals surface area contributed by atoms with Crippen LogP contribution in [0.15, 0.2) is 24.3 Å². The highest BCUT2D eigenvalue weighted by molar-refractivity contribution is 5.17. The highest BCUT2D eigenvalue weighted by Gasteiger charge is 2.33. The quantitative estimate of drug-likeness (QED) is 0.745. The van der Waals surface area contributed by atoms with Gasteiger partial charge >= 0.3 is 0 Å². The van der Waals surface area contributed by atoms with Crippen molar-refractivity contribution in [2.75, 3.05) is 13.2 Å². The van der Waals surface area contributed by atoms with Crippen LogP contribution in [0, 0.1) is 29.5 Å². The van der Waals surface area contributed by atoms with Crippen molar-refractivity contribution in [2.24, 2.45) is 23.7 Å². The van der Waals surface area contributed by atoms with Crippen LogP contribution in [0.2, 0.25) is 0 Å². The van der Waals surface area contributed by atoms with E-state index in [9.17, 15) is 4.39 Å². The Morgan fingerprint density at radius 2 is 1.61 bits per heavy atom. The summed E-state index contributed by atoms with van der Waals surface area (Å²) in [5.74, 6) is 2.67. The minimum atomic E-state index is -0.338. The molecule has 1 aromatic rings. The fourth-order valence-corrected chi connectivity index (χ4v) is 4.14. The molecule has 0 amide bonds. The lowest BCUT2D eigenvalue weighted by Gasteiger charge is -2.39. The van der Waals surface area contributed by atoms with Gasteiger partial charge in [-0.1, -0.05) is 45.2 Å². The molecule has 1 atom stereocenters. The standard InChI is InChI=1S/C20H29FO2/c1-3-15-4-6-16(7-5-15)14(2)18-12-22-20(23-13-18)17-8-10-19(21)11-9-17/h8-11,14-16,18,20H,3-7,12-13H2,1-2H3. The van der Waals surface area contributed by atoms with E-state index < -0.39 is 0 Å². The summed E-state index contributed by atoms with van der Waals surface area (Å²) in [6, 6.07) is 6.41. The molecule has 1 aromatic carbocycles. The van der Waals surface area contributed by atoms with Gasteiger partial charge in [-0.2, -0.15) is 0 Å². The summed E-state index contributed by atoms with van der Waals surface area (Å²) in [5, 5.41) is 0. The van der Waals surface area contributed by atoms with Gasteiger partial charge in [0.25, 0.3) is 0 Å². The first-order valence-electron chi connectivity index (χ1n) is 9.16. The lowest BCUT2D eigenvalue weighted by atomic mass is 9.72. The van der Waals surface area contributed by atoms with Crippen LogP contribution in [0.3, 0.4) is 0 Å². The van der Waals surface area contributed by atoms with Gasteiger partial charge in [-0.3, -0.25) is 0 Å². The largest absolute Gasteiger partial charge is 0.348 e. The molecule has 0 spiro atoms. The molecule has 3 rings (SSSR count). The maximum Gasteiger partial charge on any atom is 0.183 e. The molecule has 3 heteroatoms. The fourth-order valence-electron chi connectivity index (χ4n) is 4.14. The lowest BCUT2D eigenvalue weighted by molar-refractivity contribution is -0.215. The topological polar surface area (TPSA) is 18.5 Å². The van der Waals surface area contributed by atoms with Crippen LogP contribution in [-0.2, 0) is 9.47 Å². The number of hydrogen-bond donors (Lipinski definition) is 0. The summed E-state index contributed by atoms with van der Waals surface area (Å²) in [6.45, 7) is 6.17. The second kappa shape index (κ2) is 7.76. The summed E-state index contributed by atoms with van der Waals surface area (Å²) in [5.41, 5.74) is 0.904. The maximum absolute atomic E-state index is 13.0. The predicted octanol–water partition coefficient (Wildman–Crippen LogP) is 5.34. The van der Waals surface area contributed by atoms with Crippen molar-refractivity contribution in [3.8, 4) is 0 Å². The molecular formula is C20H29FO2. The minimum absolute atomic E-state index is 0.223. The third-order valence-electron chi connectivity index (χ3n) is 6.02. The van der Waals surface area contributed by atoms with E-state index in [-0.39, 0.29) is 12.1 Å². The van der Waals surface area contributed by atoms with Crippen LogP contribution in [-0.4, -0.2) is 13.2 Å². The van der Waals surface area contributed by atoms with E-state index in [4.69, 9.17) is 9.47 Å². The van der Waals surface area contributed by atoms with Crippen molar-refractivity contribution in [3.63, 3.8) is 0 Å². The van der Waals surface area contributed by atoms with Crippen LogP contribution in [0.25, 0.3) is 0 Å². The van der Waals surface area contributed by atoms with Gasteiger partial charge in [-0.15, -0.1) is 0 Å². The predicted molar refractivity (Wildman–Crippen MR) is 89.4 cm³/mol. The third-order valence-corrected chi connectivity index (χ3v) is 6.02. The first kappa shape index (κ1) is 16.9. The van der Waals surface area contributed by atoms with Crippen molar-refractivity contribution in [2.45, 2.75) is 52.2 Å². The minimum Gasteiger partial charge on any atom is -0.348 e. The van der Waals surface area contributed by atoms with Crippen molar-refractivity contribution < 1.29 is 13.9 Å². The van der Waals surface area contributed by atoms with Gasteiger partial charge in [0, 0.05) is 11.5 Å². The number of ether oxygens (including phenoxy) is 2. The first-order chi connectivity index (χ1) is 11.2. The molecule has 1 heterocycles. The zero-order valence-electron chi connectivity index (χ0n) is 14.3. The van der Waals surface area contributed by atoms with E-state index >= 15 is 0 Å². The van der Waals surface area contributed by atoms with E-state index in [0.717, 1.165) is 30.6 Å². The van der Waals surface area contributed by atoms with Crippen LogP contribution < -0.4 is 0 Å². The molecule has 1 aliphatic carbocycles. The van der Waals surface area contributed by atoms with Crippen LogP contribution >= 0.6 is 0 Å². The molecule has 1 unspecified atom stereocenters. The normalized spacial score (nSPS) is 33.3. The van der Waals surface area contributed by atoms with E-state index in [1.807, 2.05) is 0 Å². The zero-order valence-corrected chi connectivity index (χ0v) is 14.3. The molecule has 2 nitrogen and oxygen atoms in total. The molecular weight excluding hydrogens is 291 g/mol. The Morgan fingerprint density at radius 3 is 2.17 bits per heavy atom. The average molecular weight is 320 g/mol. The molecule has 0 radical (unpaired) electrons. The third kappa shape index (κ3) is 4.13. The summed E-state index contributed by atoms with van der Waals surface area (Å²) in [7, 11) is 0. The SMILES string of the molecule is CCC1CCC(C(C)C2COC(c3ccc(F)cc3)OC2)CC1. The van der Waals surface area contributed by atoms with Gasteiger partial charge < -0.3 is 9.47 Å². The summed E-state index contributed by atoms with van der Waals surface area (Å²) in [4.78, 5) is 0. The van der Waals surface area contributed by atoms with E-state index in [0.29, 0.717) is 11.8 Å². The number of halogens is 1. The van der Waals surface area contributed by atoms with Gasteiger partial charge in [0.2, 0.25) is 0 Å². The number of rotatable bonds is 4. The van der Waals surface area contributed by atoms with Gasteiger partial charge in [-0.25, -0.2) is 4.39 Å². The number of hydrogen-bond acceptors (Lipinski definition) is 2. The van der Waals surface area contributed by atoms with Crippen LogP contribution in [0.4, 0.5) is 4.39 Å². The Hall–Kier alpha value is -0.930. The van der Waals surface area contributed by atoms with Crippen LogP contribution in [0.1, 0.15) is 57.8 Å². The molecule has 1 saturated carbocycles. The van der Waals surface area contributed by atoms with Gasteiger partial charge in [0.15, 0.2) is 6.29 Å². The highest BCUT2D eigenvalue weighted by Crippen LogP contribution is 2.39. The Balaban J connectivity index is 1.49. The fraction of sp³-hybridized carbons (Fsp3) is 0.700. The summed E-state index contributed by atoms with van der Waals surface area (Å²) >= 11 is 0. The second-order valence-corrected chi connectivity index (χ2v) is 7.36. The van der Waals surface area contributed by atoms with Crippen molar-refractivity contribution in [1.29, 1.82) is 0 Å². The molecule has 0 bridgehead atoms. The van der Waals surface area contributed by atoms with Crippen molar-refractivity contribution in [1.82, 2.24) is 0 Å². The Kier molecular flexibility index (Phi) is 5.71. The average Bonchev–Trinajstić information content (AvgIpc) is 2.62. The Bertz CT molecular complexity index is 471. The first-order valence-corrected chi connectivity index (χ1v) is 9.16. The zero-order chi connectivity index (χ0) is 16.2. The molecule has 1 saturated heterocycles. The molecule has 23 heavy (non-hydrogen) atoms. The van der Waals surface area contributed by atoms with E-state index in [1.54, 1.807) is 12.1 Å². The Labute approximate surface area is 139 Å². The van der Waals surface area contributed by atoms with E-state index in [1.165, 1.54) is 44.2 Å². The van der Waals surface area contributed by atoms with Crippen LogP contribution in [0.5, 0.6) is 0 Å². The summed E-state index contributed by atoms with van der Waals surface area (Å²) in [6.07, 6.45) is 6.48. The maximum atomic E-state index is 13.0. The van der Waals surface area contributed by atoms with Gasteiger partial charge in [0.05, 0.1) is 13.2 Å². The molecule has 2 fully saturated rings. The highest BCUT2D eigenvalue weighted by atomic mass is 19.1. The smallest absolute Gasteiger partial charge is 0.183 e. The molecule has 1 aliphatic heterocycles. The van der Waals surface area contributed by atoms with Gasteiger partial charge in [-0.05, 0) is 42.7 Å². The molecule has 2 aliphatic rings.